The lowest BCUT2D eigenvalue weighted by Crippen LogP contribution is -2.60. The van der Waals surface area contributed by atoms with Crippen LogP contribution in [-0.4, -0.2) is 102 Å². The van der Waals surface area contributed by atoms with Crippen LogP contribution in [0.4, 0.5) is 9.93 Å². The van der Waals surface area contributed by atoms with Gasteiger partial charge in [-0.25, -0.2) is 19.5 Å². The molecule has 2 saturated carbocycles. The average molecular weight is 870 g/mol. The second-order valence-corrected chi connectivity index (χ2v) is 20.0. The summed E-state index contributed by atoms with van der Waals surface area (Å²) in [5.41, 5.74) is -1.71. The molecular formula is C41H55N7O10S2. The third kappa shape index (κ3) is 10.5. The van der Waals surface area contributed by atoms with Crippen LogP contribution in [0.25, 0.3) is 22.3 Å². The molecule has 1 unspecified atom stereocenters. The Bertz CT molecular complexity index is 2260. The van der Waals surface area contributed by atoms with Gasteiger partial charge in [-0.1, -0.05) is 26.8 Å². The molecule has 2 aliphatic carbocycles. The van der Waals surface area contributed by atoms with Crippen LogP contribution in [0, 0.1) is 11.3 Å². The van der Waals surface area contributed by atoms with Gasteiger partial charge in [-0.05, 0) is 71.4 Å². The number of ether oxygens (including phenoxy) is 3. The lowest BCUT2D eigenvalue weighted by Gasteiger charge is -2.36. The Kier molecular flexibility index (Phi) is 12.5. The molecule has 5 atom stereocenters. The Morgan fingerprint density at radius 3 is 2.35 bits per heavy atom. The third-order valence-corrected chi connectivity index (χ3v) is 11.9. The number of aromatic nitrogens is 2. The topological polar surface area (TPSA) is 216 Å². The van der Waals surface area contributed by atoms with Gasteiger partial charge in [-0.3, -0.25) is 18.6 Å². The average Bonchev–Trinajstić information content (AvgIpc) is 3.99. The van der Waals surface area contributed by atoms with Gasteiger partial charge in [0.1, 0.15) is 46.5 Å². The van der Waals surface area contributed by atoms with Crippen molar-refractivity contribution in [1.82, 2.24) is 30.2 Å². The minimum Gasteiger partial charge on any atom is -0.497 e. The molecule has 2 aromatic heterocycles. The van der Waals surface area contributed by atoms with Gasteiger partial charge in [0.05, 0.1) is 31.0 Å². The predicted octanol–water partition coefficient (Wildman–Crippen LogP) is 5.08. The van der Waals surface area contributed by atoms with Crippen molar-refractivity contribution >= 4 is 61.5 Å². The first-order valence-electron chi connectivity index (χ1n) is 19.9. The maximum absolute atomic E-state index is 14.7. The van der Waals surface area contributed by atoms with E-state index in [-0.39, 0.29) is 25.4 Å². The van der Waals surface area contributed by atoms with Crippen LogP contribution in [0.1, 0.15) is 81.1 Å². The lowest BCUT2D eigenvalue weighted by molar-refractivity contribution is -0.143. The Labute approximate surface area is 354 Å². The summed E-state index contributed by atoms with van der Waals surface area (Å²) >= 11 is 1.43. The zero-order valence-corrected chi connectivity index (χ0v) is 37.0. The highest BCUT2D eigenvalue weighted by molar-refractivity contribution is 7.85. The summed E-state index contributed by atoms with van der Waals surface area (Å²) in [4.78, 5) is 66.9. The molecule has 3 aliphatic rings. The van der Waals surface area contributed by atoms with E-state index in [1.807, 2.05) is 23.9 Å². The fourth-order valence-electron chi connectivity index (χ4n) is 6.94. The predicted molar refractivity (Wildman–Crippen MR) is 226 cm³/mol. The molecule has 4 N–H and O–H groups in total. The number of hydrogen-bond donors (Lipinski definition) is 4. The number of likely N-dealkylation sites (tertiary alicyclic amines) is 1. The summed E-state index contributed by atoms with van der Waals surface area (Å²) in [7, 11) is -2.91. The number of carbonyl (C=O) groups is 4. The number of hydrogen-bond acceptors (Lipinski definition) is 14. The van der Waals surface area contributed by atoms with Crippen molar-refractivity contribution in [3.8, 4) is 22.9 Å². The fraction of sp³-hybridized carbons (Fsp3) is 0.561. The number of amides is 4. The molecule has 0 spiro atoms. The van der Waals surface area contributed by atoms with E-state index in [1.54, 1.807) is 72.9 Å². The van der Waals surface area contributed by atoms with Crippen LogP contribution in [-0.2, 0) is 33.6 Å². The first-order chi connectivity index (χ1) is 28.0. The lowest BCUT2D eigenvalue weighted by atomic mass is 9.85. The van der Waals surface area contributed by atoms with Crippen molar-refractivity contribution < 1.29 is 46.0 Å². The van der Waals surface area contributed by atoms with Crippen LogP contribution in [0.5, 0.6) is 11.5 Å². The van der Waals surface area contributed by atoms with E-state index in [0.717, 1.165) is 5.13 Å². The second kappa shape index (κ2) is 16.8. The summed E-state index contributed by atoms with van der Waals surface area (Å²) in [5.74, 6) is -1.92. The fourth-order valence-corrected chi connectivity index (χ4v) is 8.80. The highest BCUT2D eigenvalue weighted by Gasteiger charge is 2.62. The summed E-state index contributed by atoms with van der Waals surface area (Å²) in [6.45, 7) is 18.1. The molecule has 1 aliphatic heterocycles. The number of benzene rings is 1. The highest BCUT2D eigenvalue weighted by Crippen LogP contribution is 2.45. The van der Waals surface area contributed by atoms with E-state index < -0.39 is 80.9 Å². The van der Waals surface area contributed by atoms with Crippen molar-refractivity contribution in [1.29, 1.82) is 0 Å². The monoisotopic (exact) mass is 869 g/mol. The molecule has 3 heterocycles. The van der Waals surface area contributed by atoms with Crippen molar-refractivity contribution in [3.05, 3.63) is 42.3 Å². The van der Waals surface area contributed by atoms with Gasteiger partial charge in [0.2, 0.25) is 11.8 Å². The second-order valence-electron chi connectivity index (χ2n) is 17.8. The molecule has 17 nitrogen and oxygen atoms in total. The molecule has 60 heavy (non-hydrogen) atoms. The van der Waals surface area contributed by atoms with Crippen LogP contribution in [0.15, 0.2) is 42.3 Å². The Morgan fingerprint density at radius 1 is 1.03 bits per heavy atom. The smallest absolute Gasteiger partial charge is 0.408 e. The summed E-state index contributed by atoms with van der Waals surface area (Å²) in [6.07, 6.45) is 0.481. The standard InChI is InChI=1S/C41H55N7O10S2/c1-11-23-19-41(23,36(51)47-60(53,54)58-24-12-13-24)46-34(49)31-17-26(20-48(31)35(50)33(39(4,5)6)45-38(52)57-40(7,8)9)56-32-18-29(30-21-59-37(44-30)42-22(2)3)43-28-16-25(55-10)14-15-27(28)32/h11,14-16,18,21-24,26,31,33H,1,12-13,17,19-20H2,2-10H3,(H,42,44)(H,45,52)(H,46,49)(H,47,51)/t23?,26-,31+,33-,41-/m1/s1. The number of nitrogens with one attached hydrogen (secondary N) is 4. The number of alkyl carbamates (subject to hydrolysis) is 1. The highest BCUT2D eigenvalue weighted by atomic mass is 32.2. The van der Waals surface area contributed by atoms with E-state index in [1.165, 1.54) is 22.3 Å². The van der Waals surface area contributed by atoms with Gasteiger partial charge in [-0.2, -0.15) is 8.42 Å². The zero-order chi connectivity index (χ0) is 43.9. The number of rotatable bonds is 15. The molecule has 0 bridgehead atoms. The number of thiazole rings is 1. The van der Waals surface area contributed by atoms with E-state index in [2.05, 4.69) is 22.5 Å². The number of anilines is 1. The minimum absolute atomic E-state index is 0.0329. The molecule has 0 radical (unpaired) electrons. The Balaban J connectivity index is 1.34. The zero-order valence-electron chi connectivity index (χ0n) is 35.4. The molecule has 1 saturated heterocycles. The van der Waals surface area contributed by atoms with Gasteiger partial charge in [0.25, 0.3) is 5.91 Å². The summed E-state index contributed by atoms with van der Waals surface area (Å²) < 4.78 is 50.0. The van der Waals surface area contributed by atoms with E-state index in [4.69, 9.17) is 28.4 Å². The van der Waals surface area contributed by atoms with Crippen LogP contribution in [0.3, 0.4) is 0 Å². The Hall–Kier alpha value is -5.01. The SMILES string of the molecule is C=CC1C[C@]1(NC(=O)[C@@H]1C[C@@H](Oc2cc(-c3csc(NC(C)C)n3)nc3cc(OC)ccc23)CN1C(=O)[C@@H](NC(=O)OC(C)(C)C)C(C)(C)C)C(=O)NS(=O)(=O)OC1CC1. The molecule has 326 valence electrons. The molecule has 3 aromatic rings. The quantitative estimate of drug-likeness (QED) is 0.147. The molecule has 1 aromatic carbocycles. The minimum atomic E-state index is -4.46. The van der Waals surface area contributed by atoms with Gasteiger partial charge in [0.15, 0.2) is 5.13 Å². The molecule has 3 fully saturated rings. The van der Waals surface area contributed by atoms with E-state index in [9.17, 15) is 27.6 Å². The largest absolute Gasteiger partial charge is 0.497 e. The first kappa shape index (κ1) is 44.5. The van der Waals surface area contributed by atoms with Gasteiger partial charge >= 0.3 is 16.4 Å². The summed E-state index contributed by atoms with van der Waals surface area (Å²) in [6, 6.07) is 4.88. The van der Waals surface area contributed by atoms with Crippen molar-refractivity contribution in [2.24, 2.45) is 11.3 Å². The van der Waals surface area contributed by atoms with Crippen molar-refractivity contribution in [3.63, 3.8) is 0 Å². The number of carbonyl (C=O) groups excluding carboxylic acids is 4. The molecule has 6 rings (SSSR count). The third-order valence-electron chi connectivity index (χ3n) is 10.1. The maximum Gasteiger partial charge on any atom is 0.408 e. The number of pyridine rings is 1. The van der Waals surface area contributed by atoms with E-state index >= 15 is 0 Å². The van der Waals surface area contributed by atoms with Crippen molar-refractivity contribution in [2.75, 3.05) is 19.0 Å². The first-order valence-corrected chi connectivity index (χ1v) is 22.2. The number of methoxy groups -OCH3 is 1. The maximum atomic E-state index is 14.7. The summed E-state index contributed by atoms with van der Waals surface area (Å²) in [5, 5.41) is 12.0. The molecule has 4 amide bonds. The van der Waals surface area contributed by atoms with Crippen LogP contribution in [0.2, 0.25) is 0 Å². The van der Waals surface area contributed by atoms with Crippen LogP contribution >= 0.6 is 11.3 Å². The van der Waals surface area contributed by atoms with Gasteiger partial charge in [0, 0.05) is 41.3 Å². The van der Waals surface area contributed by atoms with E-state index in [0.29, 0.717) is 46.6 Å². The normalized spacial score (nSPS) is 22.2. The molecular weight excluding hydrogens is 815 g/mol. The number of fused-ring (bicyclic) bond motifs is 1. The van der Waals surface area contributed by atoms with Crippen molar-refractivity contribution in [2.45, 2.75) is 123 Å². The van der Waals surface area contributed by atoms with Gasteiger partial charge < -0.3 is 35.1 Å². The Morgan fingerprint density at radius 2 is 1.75 bits per heavy atom. The number of nitrogens with zero attached hydrogens (tertiary/aromatic N) is 3. The van der Waals surface area contributed by atoms with Gasteiger partial charge in [-0.15, -0.1) is 17.9 Å². The molecule has 19 heteroatoms. The van der Waals surface area contributed by atoms with Crippen LogP contribution < -0.4 is 30.1 Å².